The van der Waals surface area contributed by atoms with Gasteiger partial charge < -0.3 is 14.7 Å². The van der Waals surface area contributed by atoms with Crippen LogP contribution in [0.25, 0.3) is 0 Å². The molecule has 7 atom stereocenters. The van der Waals surface area contributed by atoms with Gasteiger partial charge in [0.1, 0.15) is 5.75 Å². The second kappa shape index (κ2) is 11.7. The summed E-state index contributed by atoms with van der Waals surface area (Å²) in [5.74, 6) is 4.21. The minimum absolute atomic E-state index is 0.0126. The first-order chi connectivity index (χ1) is 20.9. The molecule has 4 aliphatic rings. The lowest BCUT2D eigenvalue weighted by Crippen LogP contribution is -2.52. The van der Waals surface area contributed by atoms with Gasteiger partial charge in [0.2, 0.25) is 0 Å². The number of nitrogens with one attached hydrogen (secondary N) is 1. The Hall–Kier alpha value is -2.99. The Morgan fingerprint density at radius 3 is 2.82 bits per heavy atom. The van der Waals surface area contributed by atoms with Crippen molar-refractivity contribution in [1.29, 1.82) is 5.26 Å². The number of carbonyl (C=O) groups excluding carboxylic acids is 1. The van der Waals surface area contributed by atoms with Crippen LogP contribution in [0.1, 0.15) is 73.9 Å². The number of halogens is 1. The summed E-state index contributed by atoms with van der Waals surface area (Å²) in [4.78, 5) is 15.9. The maximum absolute atomic E-state index is 13.7. The third-order valence-corrected chi connectivity index (χ3v) is 13.2. The molecule has 2 aromatic rings. The van der Waals surface area contributed by atoms with E-state index in [1.165, 1.54) is 11.1 Å². The predicted octanol–water partition coefficient (Wildman–Crippen LogP) is 5.83. The van der Waals surface area contributed by atoms with Crippen molar-refractivity contribution in [1.82, 2.24) is 4.72 Å². The number of nitrogens with zero attached hydrogens (tertiary/aromatic N) is 2. The number of fused-ring (bicyclic) bond motifs is 4. The summed E-state index contributed by atoms with van der Waals surface area (Å²) >= 11 is 6.41. The van der Waals surface area contributed by atoms with Gasteiger partial charge in [0.25, 0.3) is 5.91 Å². The lowest BCUT2D eigenvalue weighted by Gasteiger charge is -2.48. The van der Waals surface area contributed by atoms with Crippen molar-refractivity contribution in [3.05, 3.63) is 70.3 Å². The first-order valence-electron chi connectivity index (χ1n) is 15.7. The molecule has 9 heteroatoms. The maximum atomic E-state index is 13.7. The van der Waals surface area contributed by atoms with Crippen LogP contribution in [0.15, 0.2) is 48.6 Å². The van der Waals surface area contributed by atoms with Gasteiger partial charge in [-0.15, -0.1) is 0 Å². The van der Waals surface area contributed by atoms with E-state index in [-0.39, 0.29) is 29.6 Å². The first kappa shape index (κ1) is 31.0. The molecule has 2 aliphatic carbocycles. The molecule has 6 rings (SSSR count). The Labute approximate surface area is 266 Å². The van der Waals surface area contributed by atoms with E-state index in [9.17, 15) is 19.4 Å². The van der Waals surface area contributed by atoms with Crippen molar-refractivity contribution >= 4 is 38.8 Å². The highest BCUT2D eigenvalue weighted by Crippen LogP contribution is 2.49. The van der Waals surface area contributed by atoms with E-state index in [1.807, 2.05) is 38.1 Å². The Morgan fingerprint density at radius 2 is 2.07 bits per heavy atom. The molecule has 234 valence electrons. The van der Waals surface area contributed by atoms with Crippen molar-refractivity contribution in [2.75, 3.05) is 24.6 Å². The van der Waals surface area contributed by atoms with Gasteiger partial charge in [-0.05, 0) is 111 Å². The molecule has 2 aromatic carbocycles. The van der Waals surface area contributed by atoms with Crippen molar-refractivity contribution in [3.8, 4) is 11.8 Å². The molecule has 1 saturated carbocycles. The number of benzene rings is 2. The zero-order valence-corrected chi connectivity index (χ0v) is 27.1. The monoisotopic (exact) mass is 635 g/mol. The van der Waals surface area contributed by atoms with Gasteiger partial charge >= 0.3 is 0 Å². The summed E-state index contributed by atoms with van der Waals surface area (Å²) in [6, 6.07) is 13.8. The van der Waals surface area contributed by atoms with E-state index in [1.54, 1.807) is 12.1 Å². The minimum atomic E-state index is -2.99. The maximum Gasteiger partial charge on any atom is 0.262 e. The van der Waals surface area contributed by atoms with Crippen LogP contribution < -0.4 is 14.4 Å². The lowest BCUT2D eigenvalue weighted by atomic mass is 9.63. The van der Waals surface area contributed by atoms with Crippen LogP contribution in [0, 0.1) is 29.1 Å². The van der Waals surface area contributed by atoms with Crippen molar-refractivity contribution < 1.29 is 18.8 Å². The zero-order valence-electron chi connectivity index (χ0n) is 25.6. The second-order valence-electron chi connectivity index (χ2n) is 13.5. The molecule has 7 nitrogen and oxygen atoms in total. The standard InChI is InChI=1S/C35H42ClN3O4S/c1-23-6-4-15-35(41,16-17-37)30-11-8-27(30)20-39-21-34(14-5-7-25-18-28(36)10-12-29(25)34)22-43-32-13-9-26(19-31(32)39)33(40)38-44(3,42)24(23)2/h4,9-10,12-13,15,18-19,23-24,27,30,41H,3,5-8,11,14,16,20-22H2,1-2H3,(H,38,40,42)/b15-4+/t23-,24+,27-,30+,34-,35-,44?/m0/s1. The molecule has 2 aliphatic heterocycles. The number of hydrogen-bond donors (Lipinski definition) is 2. The van der Waals surface area contributed by atoms with Gasteiger partial charge in [0, 0.05) is 34.3 Å². The molecule has 0 radical (unpaired) electrons. The molecule has 1 amide bonds. The fourth-order valence-corrected chi connectivity index (χ4v) is 9.46. The summed E-state index contributed by atoms with van der Waals surface area (Å²) in [6.45, 7) is 5.62. The summed E-state index contributed by atoms with van der Waals surface area (Å²) < 4.78 is 23.0. The summed E-state index contributed by atoms with van der Waals surface area (Å²) in [6.07, 6.45) is 8.97. The van der Waals surface area contributed by atoms with Gasteiger partial charge in [-0.3, -0.25) is 9.52 Å². The molecule has 0 aromatic heterocycles. The summed E-state index contributed by atoms with van der Waals surface area (Å²) in [5, 5.41) is 21.9. The Morgan fingerprint density at radius 1 is 1.25 bits per heavy atom. The van der Waals surface area contributed by atoms with E-state index in [4.69, 9.17) is 16.3 Å². The molecule has 2 heterocycles. The number of carbonyl (C=O) groups is 1. The number of allylic oxidation sites excluding steroid dienone is 1. The number of nitriles is 1. The molecule has 1 spiro atoms. The van der Waals surface area contributed by atoms with Crippen molar-refractivity contribution in [2.24, 2.45) is 17.8 Å². The highest BCUT2D eigenvalue weighted by Gasteiger charge is 2.48. The average Bonchev–Trinajstić information content (AvgIpc) is 3.11. The summed E-state index contributed by atoms with van der Waals surface area (Å²) in [7, 11) is -2.99. The second-order valence-corrected chi connectivity index (χ2v) is 16.4. The van der Waals surface area contributed by atoms with Crippen LogP contribution in [-0.4, -0.2) is 51.6 Å². The number of ether oxygens (including phenoxy) is 1. The molecule has 2 N–H and O–H groups in total. The smallest absolute Gasteiger partial charge is 0.262 e. The van der Waals surface area contributed by atoms with Crippen molar-refractivity contribution in [2.45, 2.75) is 75.1 Å². The zero-order chi connectivity index (χ0) is 31.3. The normalized spacial score (nSPS) is 36.0. The van der Waals surface area contributed by atoms with Crippen LogP contribution >= 0.6 is 11.6 Å². The van der Waals surface area contributed by atoms with Gasteiger partial charge in [0.05, 0.1) is 40.1 Å². The van der Waals surface area contributed by atoms with Gasteiger partial charge in [-0.1, -0.05) is 36.7 Å². The SMILES string of the molecule is C=S1(=O)NC(=O)c2ccc3c(c2)N(C[C@@H]2CC[C@H]2[C@@](O)(CC#N)/C=C/C[C@H](C)[C@H]1C)C[C@@]1(CCCc2cc(Cl)ccc21)CO3. The molecule has 2 bridgehead atoms. The Balaban J connectivity index is 1.45. The third-order valence-electron chi connectivity index (χ3n) is 10.8. The molecule has 1 unspecified atom stereocenters. The highest BCUT2D eigenvalue weighted by molar-refractivity contribution is 7.99. The fourth-order valence-electron chi connectivity index (χ4n) is 7.79. The summed E-state index contributed by atoms with van der Waals surface area (Å²) in [5.41, 5.74) is 2.17. The molecular formula is C35H42ClN3O4S. The molecule has 1 fully saturated rings. The predicted molar refractivity (Wildman–Crippen MR) is 177 cm³/mol. The van der Waals surface area contributed by atoms with Crippen LogP contribution in [0.3, 0.4) is 0 Å². The topological polar surface area (TPSA) is 103 Å². The van der Waals surface area contributed by atoms with E-state index < -0.39 is 26.5 Å². The van der Waals surface area contributed by atoms with Gasteiger partial charge in [-0.25, -0.2) is 4.21 Å². The van der Waals surface area contributed by atoms with E-state index in [0.717, 1.165) is 42.8 Å². The fraction of sp³-hybridized carbons (Fsp3) is 0.514. The van der Waals surface area contributed by atoms with Crippen molar-refractivity contribution in [3.63, 3.8) is 0 Å². The van der Waals surface area contributed by atoms with Crippen LogP contribution in [0.5, 0.6) is 5.75 Å². The largest absolute Gasteiger partial charge is 0.490 e. The van der Waals surface area contributed by atoms with E-state index >= 15 is 0 Å². The van der Waals surface area contributed by atoms with Gasteiger partial charge in [-0.2, -0.15) is 5.26 Å². The third kappa shape index (κ3) is 5.63. The van der Waals surface area contributed by atoms with Crippen LogP contribution in [0.4, 0.5) is 5.69 Å². The highest BCUT2D eigenvalue weighted by atomic mass is 35.5. The van der Waals surface area contributed by atoms with E-state index in [0.29, 0.717) is 37.4 Å². The van der Waals surface area contributed by atoms with Gasteiger partial charge in [0.15, 0.2) is 0 Å². The van der Waals surface area contributed by atoms with E-state index in [2.05, 4.69) is 33.7 Å². The number of rotatable bonds is 1. The lowest BCUT2D eigenvalue weighted by molar-refractivity contribution is -0.0417. The molecule has 0 saturated heterocycles. The quantitative estimate of drug-likeness (QED) is 0.302. The number of aryl methyl sites for hydroxylation is 1. The molecular weight excluding hydrogens is 594 g/mol. The number of aliphatic hydroxyl groups is 1. The Bertz CT molecular complexity index is 1630. The number of anilines is 1. The Kier molecular flexibility index (Phi) is 8.28. The average molecular weight is 636 g/mol. The van der Waals surface area contributed by atoms with Crippen LogP contribution in [-0.2, 0) is 21.5 Å². The first-order valence-corrected chi connectivity index (χ1v) is 17.9. The minimum Gasteiger partial charge on any atom is -0.490 e. The molecule has 44 heavy (non-hydrogen) atoms. The van der Waals surface area contributed by atoms with Crippen LogP contribution in [0.2, 0.25) is 5.02 Å². The number of hydrogen-bond acceptors (Lipinski definition) is 6. The number of amides is 1.